The van der Waals surface area contributed by atoms with Gasteiger partial charge in [-0.05, 0) is 29.2 Å². The van der Waals surface area contributed by atoms with E-state index in [1.54, 1.807) is 0 Å². The van der Waals surface area contributed by atoms with Crippen molar-refractivity contribution in [2.24, 2.45) is 5.92 Å². The van der Waals surface area contributed by atoms with Gasteiger partial charge in [-0.15, -0.1) is 5.10 Å². The monoisotopic (exact) mass is 313 g/mol. The number of nitrogens with zero attached hydrogens (tertiary/aromatic N) is 5. The highest BCUT2D eigenvalue weighted by Gasteiger charge is 2.21. The van der Waals surface area contributed by atoms with E-state index < -0.39 is 5.97 Å². The quantitative estimate of drug-likeness (QED) is 0.566. The lowest BCUT2D eigenvalue weighted by molar-refractivity contribution is -0.141. The van der Waals surface area contributed by atoms with E-state index in [2.05, 4.69) is 27.2 Å². The smallest absolute Gasteiger partial charge is 0.327 e. The minimum absolute atomic E-state index is 0.0548. The number of methoxy groups -OCH3 is 1. The number of amides is 1. The Kier molecular flexibility index (Phi) is 5.54. The Hall–Kier alpha value is -1.64. The summed E-state index contributed by atoms with van der Waals surface area (Å²) in [4.78, 5) is 25.3. The zero-order valence-corrected chi connectivity index (χ0v) is 13.0. The summed E-state index contributed by atoms with van der Waals surface area (Å²) >= 11 is 1.24. The van der Waals surface area contributed by atoms with Gasteiger partial charge in [-0.25, -0.2) is 4.68 Å². The summed E-state index contributed by atoms with van der Waals surface area (Å²) in [5.74, 6) is 0.478. The number of hydrogen-bond acceptors (Lipinski definition) is 7. The summed E-state index contributed by atoms with van der Waals surface area (Å²) < 4.78 is 5.91. The number of carbonyl (C=O) groups excluding carboxylic acids is 2. The van der Waals surface area contributed by atoms with E-state index in [1.807, 2.05) is 4.90 Å². The van der Waals surface area contributed by atoms with Crippen molar-refractivity contribution < 1.29 is 14.3 Å². The molecule has 1 saturated heterocycles. The lowest BCUT2D eigenvalue weighted by atomic mass is 10.0. The van der Waals surface area contributed by atoms with Crippen LogP contribution in [-0.2, 0) is 20.9 Å². The molecule has 8 nitrogen and oxygen atoms in total. The lowest BCUT2D eigenvalue weighted by Crippen LogP contribution is -2.40. The molecule has 1 aromatic rings. The van der Waals surface area contributed by atoms with E-state index in [1.165, 1.54) is 30.0 Å². The van der Waals surface area contributed by atoms with E-state index >= 15 is 0 Å². The maximum atomic E-state index is 12.2. The number of esters is 1. The minimum Gasteiger partial charge on any atom is -0.468 e. The fraction of sp³-hybridized carbons (Fsp3) is 0.750. The van der Waals surface area contributed by atoms with E-state index in [0.717, 1.165) is 19.5 Å². The van der Waals surface area contributed by atoms with Crippen molar-refractivity contribution in [3.63, 3.8) is 0 Å². The first kappa shape index (κ1) is 15.7. The van der Waals surface area contributed by atoms with Crippen LogP contribution >= 0.6 is 11.8 Å². The number of aromatic nitrogens is 4. The van der Waals surface area contributed by atoms with Gasteiger partial charge in [0, 0.05) is 13.1 Å². The second-order valence-corrected chi connectivity index (χ2v) is 6.01. The van der Waals surface area contributed by atoms with Crippen molar-refractivity contribution in [2.45, 2.75) is 31.5 Å². The zero-order chi connectivity index (χ0) is 15.2. The molecule has 1 unspecified atom stereocenters. The number of thioether (sulfide) groups is 1. The predicted molar refractivity (Wildman–Crippen MR) is 75.5 cm³/mol. The van der Waals surface area contributed by atoms with Crippen LogP contribution in [0.4, 0.5) is 0 Å². The highest BCUT2D eigenvalue weighted by Crippen LogP contribution is 2.19. The molecule has 9 heteroatoms. The molecule has 1 amide bonds. The molecule has 1 aliphatic heterocycles. The van der Waals surface area contributed by atoms with Gasteiger partial charge in [0.15, 0.2) is 0 Å². The van der Waals surface area contributed by atoms with Crippen molar-refractivity contribution in [1.29, 1.82) is 0 Å². The molecule has 1 aliphatic rings. The molecule has 0 bridgehead atoms. The molecule has 1 atom stereocenters. The third kappa shape index (κ3) is 4.42. The second-order valence-electron chi connectivity index (χ2n) is 5.07. The van der Waals surface area contributed by atoms with Gasteiger partial charge < -0.3 is 9.64 Å². The summed E-state index contributed by atoms with van der Waals surface area (Å²) in [6.45, 7) is 3.73. The summed E-state index contributed by atoms with van der Waals surface area (Å²) in [6, 6.07) is 0. The SMILES string of the molecule is COC(=O)Cn1nnnc1SCC(=O)N1CCCC(C)C1. The minimum atomic E-state index is -0.430. The van der Waals surface area contributed by atoms with Crippen molar-refractivity contribution in [3.05, 3.63) is 0 Å². The first-order valence-electron chi connectivity index (χ1n) is 6.83. The van der Waals surface area contributed by atoms with Crippen LogP contribution in [0.25, 0.3) is 0 Å². The molecule has 0 aliphatic carbocycles. The van der Waals surface area contributed by atoms with Crippen LogP contribution in [0.15, 0.2) is 5.16 Å². The topological polar surface area (TPSA) is 90.2 Å². The summed E-state index contributed by atoms with van der Waals surface area (Å²) in [7, 11) is 1.31. The number of piperidine rings is 1. The predicted octanol–water partition coefficient (Wildman–Crippen LogP) is 0.197. The van der Waals surface area contributed by atoms with E-state index in [0.29, 0.717) is 11.1 Å². The number of likely N-dealkylation sites (tertiary alicyclic amines) is 1. The highest BCUT2D eigenvalue weighted by molar-refractivity contribution is 7.99. The summed E-state index contributed by atoms with van der Waals surface area (Å²) in [5, 5.41) is 11.5. The lowest BCUT2D eigenvalue weighted by Gasteiger charge is -2.30. The van der Waals surface area contributed by atoms with Crippen LogP contribution < -0.4 is 0 Å². The van der Waals surface area contributed by atoms with Gasteiger partial charge in [0.25, 0.3) is 0 Å². The fourth-order valence-electron chi connectivity index (χ4n) is 2.22. The Bertz CT molecular complexity index is 507. The highest BCUT2D eigenvalue weighted by atomic mass is 32.2. The molecule has 2 rings (SSSR count). The molecular formula is C12H19N5O3S. The Morgan fingerprint density at radius 3 is 3.00 bits per heavy atom. The number of rotatable bonds is 5. The fourth-order valence-corrected chi connectivity index (χ4v) is 3.00. The normalized spacial score (nSPS) is 18.6. The van der Waals surface area contributed by atoms with Gasteiger partial charge >= 0.3 is 5.97 Å². The van der Waals surface area contributed by atoms with Crippen LogP contribution in [0.3, 0.4) is 0 Å². The van der Waals surface area contributed by atoms with Crippen molar-refractivity contribution in [2.75, 3.05) is 26.0 Å². The van der Waals surface area contributed by atoms with Crippen LogP contribution in [-0.4, -0.2) is 62.9 Å². The molecular weight excluding hydrogens is 294 g/mol. The Balaban J connectivity index is 1.86. The van der Waals surface area contributed by atoms with Crippen LogP contribution in [0.2, 0.25) is 0 Å². The van der Waals surface area contributed by atoms with Gasteiger partial charge in [0.2, 0.25) is 11.1 Å². The van der Waals surface area contributed by atoms with Crippen LogP contribution in [0, 0.1) is 5.92 Å². The van der Waals surface area contributed by atoms with Gasteiger partial charge in [0.1, 0.15) is 6.54 Å². The van der Waals surface area contributed by atoms with Crippen molar-refractivity contribution in [1.82, 2.24) is 25.1 Å². The van der Waals surface area contributed by atoms with E-state index in [4.69, 9.17) is 0 Å². The van der Waals surface area contributed by atoms with E-state index in [-0.39, 0.29) is 18.2 Å². The van der Waals surface area contributed by atoms with Gasteiger partial charge in [-0.3, -0.25) is 9.59 Å². The molecule has 0 spiro atoms. The Labute approximate surface area is 127 Å². The van der Waals surface area contributed by atoms with Gasteiger partial charge in [0.05, 0.1) is 12.9 Å². The third-order valence-corrected chi connectivity index (χ3v) is 4.28. The summed E-state index contributed by atoms with van der Waals surface area (Å²) in [6.07, 6.45) is 2.23. The number of hydrogen-bond donors (Lipinski definition) is 0. The molecule has 2 heterocycles. The zero-order valence-electron chi connectivity index (χ0n) is 12.2. The van der Waals surface area contributed by atoms with Crippen LogP contribution in [0.5, 0.6) is 0 Å². The maximum absolute atomic E-state index is 12.2. The van der Waals surface area contributed by atoms with Crippen molar-refractivity contribution >= 4 is 23.6 Å². The average molecular weight is 313 g/mol. The van der Waals surface area contributed by atoms with Gasteiger partial charge in [-0.2, -0.15) is 0 Å². The molecule has 0 N–H and O–H groups in total. The molecule has 0 saturated carbocycles. The number of carbonyl (C=O) groups is 2. The van der Waals surface area contributed by atoms with Gasteiger partial charge in [-0.1, -0.05) is 18.7 Å². The first-order valence-corrected chi connectivity index (χ1v) is 7.82. The number of tetrazole rings is 1. The second kappa shape index (κ2) is 7.39. The molecule has 1 fully saturated rings. The van der Waals surface area contributed by atoms with E-state index in [9.17, 15) is 9.59 Å². The maximum Gasteiger partial charge on any atom is 0.327 e. The van der Waals surface area contributed by atoms with Crippen LogP contribution in [0.1, 0.15) is 19.8 Å². The number of ether oxygens (including phenoxy) is 1. The molecule has 1 aromatic heterocycles. The molecule has 0 aromatic carbocycles. The standard InChI is InChI=1S/C12H19N5O3S/c1-9-4-3-5-16(6-9)10(18)8-21-12-13-14-15-17(12)7-11(19)20-2/h9H,3-8H2,1-2H3. The molecule has 116 valence electrons. The molecule has 21 heavy (non-hydrogen) atoms. The largest absolute Gasteiger partial charge is 0.468 e. The average Bonchev–Trinajstić information content (AvgIpc) is 2.91. The Morgan fingerprint density at radius 2 is 2.29 bits per heavy atom. The summed E-state index contributed by atoms with van der Waals surface area (Å²) in [5.41, 5.74) is 0. The Morgan fingerprint density at radius 1 is 1.48 bits per heavy atom. The molecule has 0 radical (unpaired) electrons. The van der Waals surface area contributed by atoms with Crippen molar-refractivity contribution in [3.8, 4) is 0 Å². The first-order chi connectivity index (χ1) is 10.1. The third-order valence-electron chi connectivity index (χ3n) is 3.34.